The van der Waals surface area contributed by atoms with Gasteiger partial charge in [-0.05, 0) is 18.2 Å². The third-order valence-electron chi connectivity index (χ3n) is 3.69. The van der Waals surface area contributed by atoms with Crippen LogP contribution < -0.4 is 10.1 Å². The van der Waals surface area contributed by atoms with E-state index in [2.05, 4.69) is 10.3 Å². The third-order valence-corrected chi connectivity index (χ3v) is 3.96. The van der Waals surface area contributed by atoms with E-state index < -0.39 is 17.5 Å². The highest BCUT2D eigenvalue weighted by Gasteiger charge is 2.18. The lowest BCUT2D eigenvalue weighted by molar-refractivity contribution is 0.0238. The molecule has 132 valence electrons. The predicted octanol–water partition coefficient (Wildman–Crippen LogP) is 3.82. The molecule has 2 heterocycles. The zero-order chi connectivity index (χ0) is 17.8. The Bertz CT molecular complexity index is 782. The van der Waals surface area contributed by atoms with Crippen molar-refractivity contribution < 1.29 is 23.0 Å². The van der Waals surface area contributed by atoms with Crippen LogP contribution in [0.15, 0.2) is 30.5 Å². The van der Waals surface area contributed by atoms with Gasteiger partial charge in [-0.3, -0.25) is 4.79 Å². The second kappa shape index (κ2) is 7.76. The topological polar surface area (TPSA) is 60.5 Å². The minimum atomic E-state index is -1.05. The second-order valence-corrected chi connectivity index (χ2v) is 5.93. The number of rotatable bonds is 4. The van der Waals surface area contributed by atoms with Crippen molar-refractivity contribution in [3.8, 4) is 5.88 Å². The molecule has 25 heavy (non-hydrogen) atoms. The highest BCUT2D eigenvalue weighted by atomic mass is 35.5. The number of halogens is 3. The van der Waals surface area contributed by atoms with Crippen molar-refractivity contribution in [3.05, 3.63) is 52.7 Å². The summed E-state index contributed by atoms with van der Waals surface area (Å²) in [5.41, 5.74) is 0.302. The lowest BCUT2D eigenvalue weighted by Crippen LogP contribution is -2.26. The van der Waals surface area contributed by atoms with Crippen LogP contribution >= 0.6 is 11.6 Å². The average Bonchev–Trinajstić information content (AvgIpc) is 2.61. The van der Waals surface area contributed by atoms with Crippen molar-refractivity contribution in [1.29, 1.82) is 0 Å². The molecule has 3 rings (SSSR count). The van der Waals surface area contributed by atoms with E-state index in [0.717, 1.165) is 25.0 Å². The van der Waals surface area contributed by atoms with Crippen LogP contribution in [0.4, 0.5) is 14.5 Å². The first-order valence-electron chi connectivity index (χ1n) is 7.69. The summed E-state index contributed by atoms with van der Waals surface area (Å²) in [7, 11) is 0. The lowest BCUT2D eigenvalue weighted by Gasteiger charge is -2.23. The number of nitrogens with zero attached hydrogens (tertiary/aromatic N) is 1. The molecule has 0 radical (unpaired) electrons. The Morgan fingerprint density at radius 3 is 2.68 bits per heavy atom. The number of carbonyl (C=O) groups excluding carboxylic acids is 1. The molecule has 1 amide bonds. The first-order valence-corrected chi connectivity index (χ1v) is 8.07. The van der Waals surface area contributed by atoms with E-state index in [0.29, 0.717) is 13.2 Å². The van der Waals surface area contributed by atoms with E-state index in [1.165, 1.54) is 18.3 Å². The number of nitrogens with one attached hydrogen (secondary N) is 1. The molecule has 0 aliphatic carbocycles. The maximum atomic E-state index is 13.2. The number of carbonyl (C=O) groups is 1. The van der Waals surface area contributed by atoms with Gasteiger partial charge in [-0.25, -0.2) is 13.8 Å². The highest BCUT2D eigenvalue weighted by Crippen LogP contribution is 2.26. The van der Waals surface area contributed by atoms with E-state index >= 15 is 0 Å². The zero-order valence-corrected chi connectivity index (χ0v) is 13.9. The zero-order valence-electron chi connectivity index (χ0n) is 13.1. The number of aromatic nitrogens is 1. The maximum absolute atomic E-state index is 13.2. The van der Waals surface area contributed by atoms with Gasteiger partial charge in [0.05, 0.1) is 18.8 Å². The molecule has 0 saturated carbocycles. The minimum absolute atomic E-state index is 0.0272. The second-order valence-electron chi connectivity index (χ2n) is 5.52. The standard InChI is InChI=1S/C17H15ClF2N2O3/c18-13-7-10(9-21-17(13)25-12-3-5-24-6-4-12)16(23)22-11-1-2-14(19)15(20)8-11/h1-2,7-9,12H,3-6H2,(H,22,23). The van der Waals surface area contributed by atoms with Gasteiger partial charge >= 0.3 is 0 Å². The van der Waals surface area contributed by atoms with Crippen molar-refractivity contribution in [1.82, 2.24) is 4.98 Å². The van der Waals surface area contributed by atoms with Crippen LogP contribution in [0, 0.1) is 11.6 Å². The summed E-state index contributed by atoms with van der Waals surface area (Å²) in [6.45, 7) is 1.24. The summed E-state index contributed by atoms with van der Waals surface area (Å²) in [6, 6.07) is 4.50. The average molecular weight is 369 g/mol. The summed E-state index contributed by atoms with van der Waals surface area (Å²) in [4.78, 5) is 16.3. The van der Waals surface area contributed by atoms with Gasteiger partial charge in [0.25, 0.3) is 5.91 Å². The quantitative estimate of drug-likeness (QED) is 0.891. The summed E-state index contributed by atoms with van der Waals surface area (Å²) in [6.07, 6.45) is 2.78. The monoisotopic (exact) mass is 368 g/mol. The molecular weight excluding hydrogens is 354 g/mol. The summed E-state index contributed by atoms with van der Waals surface area (Å²) >= 11 is 6.13. The van der Waals surface area contributed by atoms with Crippen LogP contribution in [0.2, 0.25) is 5.02 Å². The van der Waals surface area contributed by atoms with Crippen LogP contribution in [-0.2, 0) is 4.74 Å². The van der Waals surface area contributed by atoms with Crippen molar-refractivity contribution in [2.45, 2.75) is 18.9 Å². The molecule has 1 aliphatic heterocycles. The smallest absolute Gasteiger partial charge is 0.257 e. The minimum Gasteiger partial charge on any atom is -0.473 e. The fourth-order valence-corrected chi connectivity index (χ4v) is 2.58. The van der Waals surface area contributed by atoms with Gasteiger partial charge in [-0.1, -0.05) is 11.6 Å². The Hall–Kier alpha value is -2.25. The maximum Gasteiger partial charge on any atom is 0.257 e. The van der Waals surface area contributed by atoms with E-state index in [1.807, 2.05) is 0 Å². The Kier molecular flexibility index (Phi) is 5.45. The summed E-state index contributed by atoms with van der Waals surface area (Å²) < 4.78 is 37.1. The fraction of sp³-hybridized carbons (Fsp3) is 0.294. The highest BCUT2D eigenvalue weighted by molar-refractivity contribution is 6.32. The molecule has 0 spiro atoms. The Morgan fingerprint density at radius 1 is 1.24 bits per heavy atom. The van der Waals surface area contributed by atoms with Crippen LogP contribution in [-0.4, -0.2) is 30.2 Å². The first-order chi connectivity index (χ1) is 12.0. The van der Waals surface area contributed by atoms with Crippen LogP contribution in [0.3, 0.4) is 0 Å². The van der Waals surface area contributed by atoms with Crippen molar-refractivity contribution in [2.75, 3.05) is 18.5 Å². The Labute approximate surface area is 147 Å². The molecule has 1 aromatic heterocycles. The van der Waals surface area contributed by atoms with Crippen LogP contribution in [0.25, 0.3) is 0 Å². The third kappa shape index (κ3) is 4.43. The molecule has 0 unspecified atom stereocenters. The number of benzene rings is 1. The van der Waals surface area contributed by atoms with E-state index in [4.69, 9.17) is 21.1 Å². The van der Waals surface area contributed by atoms with Crippen molar-refractivity contribution in [2.24, 2.45) is 0 Å². The molecule has 0 atom stereocenters. The number of pyridine rings is 1. The van der Waals surface area contributed by atoms with E-state index in [1.54, 1.807) is 0 Å². The molecule has 0 bridgehead atoms. The Morgan fingerprint density at radius 2 is 2.00 bits per heavy atom. The largest absolute Gasteiger partial charge is 0.473 e. The molecule has 1 saturated heterocycles. The molecule has 1 aromatic carbocycles. The van der Waals surface area contributed by atoms with E-state index in [-0.39, 0.29) is 28.3 Å². The van der Waals surface area contributed by atoms with Crippen LogP contribution in [0.1, 0.15) is 23.2 Å². The van der Waals surface area contributed by atoms with Crippen molar-refractivity contribution in [3.63, 3.8) is 0 Å². The predicted molar refractivity (Wildman–Crippen MR) is 88.0 cm³/mol. The molecule has 5 nitrogen and oxygen atoms in total. The van der Waals surface area contributed by atoms with Gasteiger partial charge in [0.1, 0.15) is 11.1 Å². The molecular formula is C17H15ClF2N2O3. The first kappa shape index (κ1) is 17.6. The molecule has 1 N–H and O–H groups in total. The number of ether oxygens (including phenoxy) is 2. The number of anilines is 1. The molecule has 1 fully saturated rings. The Balaban J connectivity index is 1.68. The van der Waals surface area contributed by atoms with Gasteiger partial charge in [-0.15, -0.1) is 0 Å². The molecule has 1 aliphatic rings. The van der Waals surface area contributed by atoms with Gasteiger partial charge in [0.2, 0.25) is 5.88 Å². The van der Waals surface area contributed by atoms with Crippen LogP contribution in [0.5, 0.6) is 5.88 Å². The molecule has 8 heteroatoms. The van der Waals surface area contributed by atoms with E-state index in [9.17, 15) is 13.6 Å². The molecule has 2 aromatic rings. The fourth-order valence-electron chi connectivity index (χ4n) is 2.37. The summed E-state index contributed by atoms with van der Waals surface area (Å²) in [5.74, 6) is -2.33. The number of amides is 1. The number of hydrogen-bond acceptors (Lipinski definition) is 4. The summed E-state index contributed by atoms with van der Waals surface area (Å²) in [5, 5.41) is 2.65. The van der Waals surface area contributed by atoms with Gasteiger partial charge in [-0.2, -0.15) is 0 Å². The van der Waals surface area contributed by atoms with Crippen molar-refractivity contribution >= 4 is 23.2 Å². The van der Waals surface area contributed by atoms with Gasteiger partial charge in [0.15, 0.2) is 11.6 Å². The number of hydrogen-bond donors (Lipinski definition) is 1. The van der Waals surface area contributed by atoms with Gasteiger partial charge in [0, 0.05) is 30.8 Å². The normalized spacial score (nSPS) is 15.0. The SMILES string of the molecule is O=C(Nc1ccc(F)c(F)c1)c1cnc(OC2CCOCC2)c(Cl)c1. The van der Waals surface area contributed by atoms with Gasteiger partial charge < -0.3 is 14.8 Å². The lowest BCUT2D eigenvalue weighted by atomic mass is 10.1.